The fourth-order valence-electron chi connectivity index (χ4n) is 4.09. The third-order valence-electron chi connectivity index (χ3n) is 5.46. The Kier molecular flexibility index (Phi) is 5.04. The van der Waals surface area contributed by atoms with E-state index in [1.54, 1.807) is 0 Å². The molecular formula is C21H29BrN2O. The summed E-state index contributed by atoms with van der Waals surface area (Å²) < 4.78 is 7.53. The molecule has 0 bridgehead atoms. The van der Waals surface area contributed by atoms with E-state index in [0.29, 0.717) is 0 Å². The van der Waals surface area contributed by atoms with Crippen molar-refractivity contribution in [2.75, 3.05) is 19.3 Å². The predicted molar refractivity (Wildman–Crippen MR) is 109 cm³/mol. The van der Waals surface area contributed by atoms with Crippen molar-refractivity contribution in [3.8, 4) is 5.75 Å². The Morgan fingerprint density at radius 2 is 2.00 bits per heavy atom. The summed E-state index contributed by atoms with van der Waals surface area (Å²) >= 11 is 3.69. The molecule has 136 valence electrons. The molecule has 0 unspecified atom stereocenters. The minimum absolute atomic E-state index is 0.0467. The second-order valence-corrected chi connectivity index (χ2v) is 8.82. The van der Waals surface area contributed by atoms with E-state index in [2.05, 4.69) is 73.8 Å². The van der Waals surface area contributed by atoms with Gasteiger partial charge >= 0.3 is 0 Å². The van der Waals surface area contributed by atoms with Crippen LogP contribution in [0, 0.1) is 0 Å². The summed E-state index contributed by atoms with van der Waals surface area (Å²) in [5.74, 6) is 1.01. The highest BCUT2D eigenvalue weighted by Crippen LogP contribution is 2.57. The second-order valence-electron chi connectivity index (χ2n) is 7.96. The van der Waals surface area contributed by atoms with Crippen LogP contribution in [0.3, 0.4) is 0 Å². The standard InChI is InChI=1S/C21H29BrN2O/c1-13(2)6-7-15-12-16(22)18(23)17-19(15)25-20-21(17,9-8-14(3)4)10-11-24(20)5/h6,8,12,20H,7,9-11,23H2,1-5H3/t20-,21+/m0/s1. The summed E-state index contributed by atoms with van der Waals surface area (Å²) in [7, 11) is 2.15. The fourth-order valence-corrected chi connectivity index (χ4v) is 4.56. The molecule has 0 aliphatic carbocycles. The number of fused-ring (bicyclic) bond motifs is 3. The number of halogens is 1. The van der Waals surface area contributed by atoms with Gasteiger partial charge in [-0.05, 0) is 81.6 Å². The SMILES string of the molecule is CC(C)=CCc1cc(Br)c(N)c2c1O[C@@H]1N(C)CC[C@]21CC=C(C)C. The molecular weight excluding hydrogens is 376 g/mol. The molecule has 0 amide bonds. The second kappa shape index (κ2) is 6.81. The number of ether oxygens (including phenoxy) is 1. The first-order chi connectivity index (χ1) is 11.8. The Morgan fingerprint density at radius 1 is 1.32 bits per heavy atom. The lowest BCUT2D eigenvalue weighted by Gasteiger charge is -2.29. The molecule has 1 aromatic carbocycles. The highest BCUT2D eigenvalue weighted by atomic mass is 79.9. The summed E-state index contributed by atoms with van der Waals surface area (Å²) in [6, 6.07) is 2.13. The van der Waals surface area contributed by atoms with Gasteiger partial charge in [-0.1, -0.05) is 23.3 Å². The zero-order valence-corrected chi connectivity index (χ0v) is 17.5. The monoisotopic (exact) mass is 404 g/mol. The van der Waals surface area contributed by atoms with Gasteiger partial charge in [-0.3, -0.25) is 4.90 Å². The van der Waals surface area contributed by atoms with Crippen molar-refractivity contribution in [3.63, 3.8) is 0 Å². The number of nitrogens with two attached hydrogens (primary N) is 1. The minimum atomic E-state index is -0.0467. The average Bonchev–Trinajstić information content (AvgIpc) is 3.03. The Labute approximate surface area is 160 Å². The first-order valence-electron chi connectivity index (χ1n) is 9.01. The van der Waals surface area contributed by atoms with E-state index in [9.17, 15) is 0 Å². The van der Waals surface area contributed by atoms with Gasteiger partial charge in [-0.25, -0.2) is 0 Å². The van der Waals surface area contributed by atoms with Crippen LogP contribution >= 0.6 is 15.9 Å². The van der Waals surface area contributed by atoms with Gasteiger partial charge in [0.2, 0.25) is 0 Å². The van der Waals surface area contributed by atoms with Crippen LogP contribution in [0.1, 0.15) is 51.7 Å². The van der Waals surface area contributed by atoms with Crippen LogP contribution < -0.4 is 10.5 Å². The van der Waals surface area contributed by atoms with Gasteiger partial charge in [0.05, 0.1) is 11.1 Å². The van der Waals surface area contributed by atoms with Gasteiger partial charge in [0.15, 0.2) is 6.23 Å². The third-order valence-corrected chi connectivity index (χ3v) is 6.12. The number of benzene rings is 1. The maximum atomic E-state index is 6.57. The van der Waals surface area contributed by atoms with Crippen molar-refractivity contribution < 1.29 is 4.74 Å². The number of allylic oxidation sites excluding steroid dienone is 4. The molecule has 1 aromatic rings. The minimum Gasteiger partial charge on any atom is -0.473 e. The zero-order valence-electron chi connectivity index (χ0n) is 15.9. The smallest absolute Gasteiger partial charge is 0.162 e. The van der Waals surface area contributed by atoms with Gasteiger partial charge < -0.3 is 10.5 Å². The lowest BCUT2D eigenvalue weighted by atomic mass is 9.75. The summed E-state index contributed by atoms with van der Waals surface area (Å²) in [4.78, 5) is 2.33. The molecule has 2 aliphatic heterocycles. The molecule has 0 radical (unpaired) electrons. The number of nitrogen functional groups attached to an aromatic ring is 1. The number of rotatable bonds is 4. The number of hydrogen-bond donors (Lipinski definition) is 1. The van der Waals surface area contributed by atoms with Crippen LogP contribution in [0.2, 0.25) is 0 Å². The molecule has 1 saturated heterocycles. The van der Waals surface area contributed by atoms with Crippen LogP contribution in [0.15, 0.2) is 33.8 Å². The summed E-state index contributed by atoms with van der Waals surface area (Å²) in [5.41, 5.74) is 12.5. The van der Waals surface area contributed by atoms with Gasteiger partial charge in [0.25, 0.3) is 0 Å². The van der Waals surface area contributed by atoms with E-state index >= 15 is 0 Å². The highest BCUT2D eigenvalue weighted by Gasteiger charge is 2.55. The van der Waals surface area contributed by atoms with E-state index in [4.69, 9.17) is 10.5 Å². The van der Waals surface area contributed by atoms with Crippen LogP contribution in [0.25, 0.3) is 0 Å². The maximum absolute atomic E-state index is 6.57. The Hall–Kier alpha value is -1.26. The number of likely N-dealkylation sites (N-methyl/N-ethyl adjacent to an activating group) is 1. The lowest BCUT2D eigenvalue weighted by Crippen LogP contribution is -2.40. The number of nitrogens with zero attached hydrogens (tertiary/aromatic N) is 1. The molecule has 2 heterocycles. The fraction of sp³-hybridized carbons (Fsp3) is 0.524. The van der Waals surface area contributed by atoms with Crippen LogP contribution in [0.5, 0.6) is 5.75 Å². The van der Waals surface area contributed by atoms with Gasteiger partial charge in [-0.2, -0.15) is 0 Å². The molecule has 2 atom stereocenters. The number of anilines is 1. The summed E-state index contributed by atoms with van der Waals surface area (Å²) in [5, 5.41) is 0. The molecule has 4 heteroatoms. The maximum Gasteiger partial charge on any atom is 0.162 e. The topological polar surface area (TPSA) is 38.5 Å². The van der Waals surface area contributed by atoms with Gasteiger partial charge in [-0.15, -0.1) is 0 Å². The first kappa shape index (κ1) is 18.5. The highest BCUT2D eigenvalue weighted by molar-refractivity contribution is 9.10. The van der Waals surface area contributed by atoms with Crippen LogP contribution in [-0.2, 0) is 11.8 Å². The zero-order chi connectivity index (χ0) is 18.4. The van der Waals surface area contributed by atoms with E-state index in [0.717, 1.165) is 41.7 Å². The predicted octanol–water partition coefficient (Wildman–Crippen LogP) is 5.19. The van der Waals surface area contributed by atoms with Crippen molar-refractivity contribution >= 4 is 21.6 Å². The third kappa shape index (κ3) is 3.15. The van der Waals surface area contributed by atoms with Crippen molar-refractivity contribution in [3.05, 3.63) is 45.0 Å². The first-order valence-corrected chi connectivity index (χ1v) is 9.80. The van der Waals surface area contributed by atoms with Crippen molar-refractivity contribution in [2.24, 2.45) is 0 Å². The molecule has 0 spiro atoms. The van der Waals surface area contributed by atoms with Crippen molar-refractivity contribution in [1.82, 2.24) is 4.90 Å². The quantitative estimate of drug-likeness (QED) is 0.554. The van der Waals surface area contributed by atoms with Gasteiger partial charge in [0.1, 0.15) is 5.75 Å². The van der Waals surface area contributed by atoms with Gasteiger partial charge in [0, 0.05) is 16.6 Å². The number of hydrogen-bond acceptors (Lipinski definition) is 3. The van der Waals surface area contributed by atoms with E-state index in [1.165, 1.54) is 22.3 Å². The normalized spacial score (nSPS) is 24.5. The molecule has 3 rings (SSSR count). The molecule has 2 N–H and O–H groups in total. The Balaban J connectivity index is 2.16. The van der Waals surface area contributed by atoms with E-state index in [-0.39, 0.29) is 11.6 Å². The van der Waals surface area contributed by atoms with Crippen LogP contribution in [-0.4, -0.2) is 24.7 Å². The lowest BCUT2D eigenvalue weighted by molar-refractivity contribution is 0.0580. The van der Waals surface area contributed by atoms with Crippen molar-refractivity contribution in [1.29, 1.82) is 0 Å². The van der Waals surface area contributed by atoms with E-state index < -0.39 is 0 Å². The number of likely N-dealkylation sites (tertiary alicyclic amines) is 1. The van der Waals surface area contributed by atoms with Crippen LogP contribution in [0.4, 0.5) is 5.69 Å². The van der Waals surface area contributed by atoms with Crippen molar-refractivity contribution in [2.45, 2.75) is 58.6 Å². The molecule has 0 aromatic heterocycles. The Bertz CT molecular complexity index is 745. The molecule has 0 saturated carbocycles. The summed E-state index contributed by atoms with van der Waals surface area (Å²) in [6.07, 6.45) is 7.58. The molecule has 3 nitrogen and oxygen atoms in total. The largest absolute Gasteiger partial charge is 0.473 e. The summed E-state index contributed by atoms with van der Waals surface area (Å²) in [6.45, 7) is 9.62. The molecule has 1 fully saturated rings. The molecule has 25 heavy (non-hydrogen) atoms. The average molecular weight is 405 g/mol. The van der Waals surface area contributed by atoms with E-state index in [1.807, 2.05) is 0 Å². The molecule has 2 aliphatic rings. The Morgan fingerprint density at radius 3 is 2.64 bits per heavy atom.